The summed E-state index contributed by atoms with van der Waals surface area (Å²) < 4.78 is 0. The molecule has 7 nitrogen and oxygen atoms in total. The summed E-state index contributed by atoms with van der Waals surface area (Å²) in [5.74, 6) is -0.412. The Labute approximate surface area is 121 Å². The minimum absolute atomic E-state index is 0.0831. The van der Waals surface area contributed by atoms with Gasteiger partial charge in [0.25, 0.3) is 0 Å². The van der Waals surface area contributed by atoms with Crippen LogP contribution < -0.4 is 4.90 Å². The first-order chi connectivity index (χ1) is 10.0. The Bertz CT molecular complexity index is 639. The zero-order chi connectivity index (χ0) is 15.4. The number of amides is 2. The van der Waals surface area contributed by atoms with E-state index in [1.165, 1.54) is 15.9 Å². The normalized spacial score (nSPS) is 10.2. The molecule has 2 rings (SSSR count). The summed E-state index contributed by atoms with van der Waals surface area (Å²) in [6, 6.07) is 6.06. The van der Waals surface area contributed by atoms with Gasteiger partial charge >= 0.3 is 12.0 Å². The van der Waals surface area contributed by atoms with Gasteiger partial charge in [-0.2, -0.15) is 0 Å². The summed E-state index contributed by atoms with van der Waals surface area (Å²) in [7, 11) is 3.17. The van der Waals surface area contributed by atoms with Crippen molar-refractivity contribution in [3.8, 4) is 0 Å². The second kappa shape index (κ2) is 6.08. The molecule has 0 saturated heterocycles. The minimum atomic E-state index is -1.07. The predicted octanol–water partition coefficient (Wildman–Crippen LogP) is 1.80. The van der Waals surface area contributed by atoms with Crippen molar-refractivity contribution in [1.29, 1.82) is 0 Å². The van der Waals surface area contributed by atoms with Gasteiger partial charge in [0.1, 0.15) is 5.82 Å². The van der Waals surface area contributed by atoms with Gasteiger partial charge in [0.2, 0.25) is 0 Å². The van der Waals surface area contributed by atoms with Gasteiger partial charge in [-0.3, -0.25) is 4.90 Å². The van der Waals surface area contributed by atoms with Crippen LogP contribution in [0, 0.1) is 0 Å². The van der Waals surface area contributed by atoms with E-state index in [-0.39, 0.29) is 11.6 Å². The lowest BCUT2D eigenvalue weighted by Crippen LogP contribution is -2.39. The molecule has 0 unspecified atom stereocenters. The van der Waals surface area contributed by atoms with E-state index in [4.69, 9.17) is 0 Å². The Morgan fingerprint density at radius 1 is 1.29 bits per heavy atom. The minimum Gasteiger partial charge on any atom is -0.478 e. The van der Waals surface area contributed by atoms with E-state index in [2.05, 4.69) is 9.97 Å². The smallest absolute Gasteiger partial charge is 0.337 e. The molecule has 2 amide bonds. The second-order valence-electron chi connectivity index (χ2n) is 4.56. The molecule has 1 aromatic carbocycles. The Morgan fingerprint density at radius 2 is 2.00 bits per heavy atom. The first-order valence-corrected chi connectivity index (χ1v) is 6.30. The number of benzene rings is 1. The number of carbonyl (C=O) groups excluding carboxylic acids is 1. The van der Waals surface area contributed by atoms with Crippen molar-refractivity contribution in [2.45, 2.75) is 6.54 Å². The lowest BCUT2D eigenvalue weighted by molar-refractivity contribution is 0.0697. The number of carboxylic acid groups (broad SMARTS) is 1. The van der Waals surface area contributed by atoms with Crippen LogP contribution in [0.5, 0.6) is 0 Å². The molecule has 0 bridgehead atoms. The van der Waals surface area contributed by atoms with Gasteiger partial charge in [0, 0.05) is 26.5 Å². The van der Waals surface area contributed by atoms with Crippen LogP contribution in [0.2, 0.25) is 0 Å². The summed E-state index contributed by atoms with van der Waals surface area (Å²) in [6.07, 6.45) is 3.29. The highest BCUT2D eigenvalue weighted by Crippen LogP contribution is 2.20. The molecule has 2 aromatic rings. The number of urea groups is 1. The number of aromatic amines is 1. The fourth-order valence-corrected chi connectivity index (χ4v) is 1.98. The molecule has 0 spiro atoms. The van der Waals surface area contributed by atoms with E-state index >= 15 is 0 Å². The first-order valence-electron chi connectivity index (χ1n) is 6.30. The zero-order valence-electron chi connectivity index (χ0n) is 11.8. The molecule has 7 heteroatoms. The maximum absolute atomic E-state index is 12.4. The Balaban J connectivity index is 2.17. The Hall–Kier alpha value is -2.83. The van der Waals surface area contributed by atoms with Gasteiger partial charge in [-0.25, -0.2) is 14.6 Å². The number of nitrogens with one attached hydrogen (secondary N) is 1. The second-order valence-corrected chi connectivity index (χ2v) is 4.56. The molecule has 0 fully saturated rings. The quantitative estimate of drug-likeness (QED) is 0.897. The summed E-state index contributed by atoms with van der Waals surface area (Å²) in [4.78, 5) is 33.3. The number of hydrogen-bond acceptors (Lipinski definition) is 3. The highest BCUT2D eigenvalue weighted by molar-refractivity contribution is 6.00. The van der Waals surface area contributed by atoms with Crippen molar-refractivity contribution >= 4 is 17.7 Å². The highest BCUT2D eigenvalue weighted by Gasteiger charge is 2.21. The van der Waals surface area contributed by atoms with Gasteiger partial charge in [0.05, 0.1) is 17.8 Å². The molecule has 0 radical (unpaired) electrons. The summed E-state index contributed by atoms with van der Waals surface area (Å²) >= 11 is 0. The van der Waals surface area contributed by atoms with Gasteiger partial charge < -0.3 is 15.0 Å². The molecule has 0 aliphatic heterocycles. The van der Waals surface area contributed by atoms with E-state index in [1.807, 2.05) is 0 Å². The summed E-state index contributed by atoms with van der Waals surface area (Å²) in [5, 5.41) is 9.18. The van der Waals surface area contributed by atoms with Crippen molar-refractivity contribution in [2.75, 3.05) is 19.0 Å². The number of rotatable bonds is 4. The number of carbonyl (C=O) groups is 2. The number of H-pyrrole nitrogens is 1. The van der Waals surface area contributed by atoms with Gasteiger partial charge in [-0.05, 0) is 12.1 Å². The average molecular weight is 288 g/mol. The maximum atomic E-state index is 12.4. The number of aromatic carboxylic acids is 1. The molecule has 0 atom stereocenters. The Morgan fingerprint density at radius 3 is 2.62 bits per heavy atom. The van der Waals surface area contributed by atoms with Crippen LogP contribution in [0.15, 0.2) is 36.7 Å². The molecule has 21 heavy (non-hydrogen) atoms. The largest absolute Gasteiger partial charge is 0.478 e. The standard InChI is InChI=1S/C14H16N4O3/c1-17(9-12-15-7-8-16-12)14(21)18(2)11-6-4-3-5-10(11)13(19)20/h3-8H,9H2,1-2H3,(H,15,16)(H,19,20). The van der Waals surface area contributed by atoms with Crippen LogP contribution in [-0.2, 0) is 6.54 Å². The monoisotopic (exact) mass is 288 g/mol. The van der Waals surface area contributed by atoms with Gasteiger partial charge in [0.15, 0.2) is 0 Å². The van der Waals surface area contributed by atoms with Crippen LogP contribution in [-0.4, -0.2) is 46.1 Å². The number of carboxylic acids is 1. The summed E-state index contributed by atoms with van der Waals surface area (Å²) in [6.45, 7) is 0.311. The lowest BCUT2D eigenvalue weighted by Gasteiger charge is -2.25. The highest BCUT2D eigenvalue weighted by atomic mass is 16.4. The van der Waals surface area contributed by atoms with Crippen molar-refractivity contribution in [3.63, 3.8) is 0 Å². The first kappa shape index (κ1) is 14.6. The van der Waals surface area contributed by atoms with Gasteiger partial charge in [-0.15, -0.1) is 0 Å². The molecule has 1 heterocycles. The lowest BCUT2D eigenvalue weighted by atomic mass is 10.1. The van der Waals surface area contributed by atoms with Crippen LogP contribution in [0.1, 0.15) is 16.2 Å². The third-order valence-corrected chi connectivity index (χ3v) is 3.05. The van der Waals surface area contributed by atoms with E-state index in [0.717, 1.165) is 0 Å². The molecule has 1 aromatic heterocycles. The van der Waals surface area contributed by atoms with E-state index in [1.54, 1.807) is 44.7 Å². The van der Waals surface area contributed by atoms with E-state index in [0.29, 0.717) is 18.1 Å². The molecule has 0 saturated carbocycles. The molecule has 0 aliphatic rings. The number of para-hydroxylation sites is 1. The van der Waals surface area contributed by atoms with Crippen molar-refractivity contribution in [3.05, 3.63) is 48.0 Å². The van der Waals surface area contributed by atoms with Crippen LogP contribution in [0.3, 0.4) is 0 Å². The third-order valence-electron chi connectivity index (χ3n) is 3.05. The molecule has 2 N–H and O–H groups in total. The Kier molecular flexibility index (Phi) is 4.22. The van der Waals surface area contributed by atoms with E-state index < -0.39 is 5.97 Å². The van der Waals surface area contributed by atoms with Crippen molar-refractivity contribution in [2.24, 2.45) is 0 Å². The van der Waals surface area contributed by atoms with Crippen LogP contribution in [0.25, 0.3) is 0 Å². The molecule has 110 valence electrons. The number of aromatic nitrogens is 2. The van der Waals surface area contributed by atoms with Crippen molar-refractivity contribution in [1.82, 2.24) is 14.9 Å². The van der Waals surface area contributed by atoms with Crippen molar-refractivity contribution < 1.29 is 14.7 Å². The SMILES string of the molecule is CN(Cc1ncc[nH]1)C(=O)N(C)c1ccccc1C(=O)O. The molecular weight excluding hydrogens is 272 g/mol. The van der Waals surface area contributed by atoms with Gasteiger partial charge in [-0.1, -0.05) is 12.1 Å². The number of anilines is 1. The van der Waals surface area contributed by atoms with Crippen LogP contribution in [0.4, 0.5) is 10.5 Å². The fraction of sp³-hybridized carbons (Fsp3) is 0.214. The molecule has 0 aliphatic carbocycles. The number of imidazole rings is 1. The fourth-order valence-electron chi connectivity index (χ4n) is 1.98. The number of hydrogen-bond donors (Lipinski definition) is 2. The summed E-state index contributed by atoms with van der Waals surface area (Å²) in [5.41, 5.74) is 0.432. The van der Waals surface area contributed by atoms with E-state index in [9.17, 15) is 14.7 Å². The average Bonchev–Trinajstić information content (AvgIpc) is 2.98. The molecular formula is C14H16N4O3. The van der Waals surface area contributed by atoms with Crippen LogP contribution >= 0.6 is 0 Å². The predicted molar refractivity (Wildman–Crippen MR) is 77.3 cm³/mol. The third kappa shape index (κ3) is 3.19. The topological polar surface area (TPSA) is 89.5 Å². The zero-order valence-corrected chi connectivity index (χ0v) is 11.8. The number of nitrogens with zero attached hydrogens (tertiary/aromatic N) is 3. The maximum Gasteiger partial charge on any atom is 0.337 e.